The van der Waals surface area contributed by atoms with Gasteiger partial charge in [-0.1, -0.05) is 20.8 Å². The van der Waals surface area contributed by atoms with Crippen LogP contribution in [0, 0.1) is 44.8 Å². The van der Waals surface area contributed by atoms with Gasteiger partial charge in [0.05, 0.1) is 23.4 Å². The summed E-state index contributed by atoms with van der Waals surface area (Å²) in [5.41, 5.74) is -9.16. The number of aliphatic hydroxyl groups is 1. The maximum Gasteiger partial charge on any atom is 0.312 e. The molecule has 288 valence electrons. The van der Waals surface area contributed by atoms with Crippen LogP contribution in [0.25, 0.3) is 0 Å². The molecule has 1 N–H and O–H groups in total. The van der Waals surface area contributed by atoms with E-state index < -0.39 is 104 Å². The van der Waals surface area contributed by atoms with Crippen LogP contribution in [-0.4, -0.2) is 83.5 Å². The van der Waals surface area contributed by atoms with E-state index in [2.05, 4.69) is 6.92 Å². The molecule has 1 aliphatic heterocycles. The number of carbonyl (C=O) groups is 6. The smallest absolute Gasteiger partial charge is 0.312 e. The van der Waals surface area contributed by atoms with Crippen molar-refractivity contribution in [2.75, 3.05) is 7.11 Å². The number of hydrogen-bond donors (Lipinski definition) is 1. The molecule has 0 radical (unpaired) electrons. The van der Waals surface area contributed by atoms with Crippen molar-refractivity contribution in [1.29, 1.82) is 0 Å². The lowest BCUT2D eigenvalue weighted by atomic mass is 9.33. The average molecular weight is 731 g/mol. The van der Waals surface area contributed by atoms with Gasteiger partial charge >= 0.3 is 29.8 Å². The van der Waals surface area contributed by atoms with Crippen molar-refractivity contribution in [3.8, 4) is 0 Å². The molecule has 2 bridgehead atoms. The van der Waals surface area contributed by atoms with Gasteiger partial charge in [-0.05, 0) is 68.8 Å². The third-order valence-electron chi connectivity index (χ3n) is 15.0. The van der Waals surface area contributed by atoms with Gasteiger partial charge in [-0.3, -0.25) is 28.8 Å². The van der Waals surface area contributed by atoms with Crippen LogP contribution in [0.15, 0.2) is 11.3 Å². The van der Waals surface area contributed by atoms with E-state index in [0.29, 0.717) is 6.42 Å². The Balaban J connectivity index is 1.76. The molecule has 1 heterocycles. The molecule has 4 saturated carbocycles. The van der Waals surface area contributed by atoms with Gasteiger partial charge in [0.25, 0.3) is 0 Å². The fourth-order valence-electron chi connectivity index (χ4n) is 13.6. The molecule has 1 unspecified atom stereocenters. The minimum absolute atomic E-state index is 0.00904. The fourth-order valence-corrected chi connectivity index (χ4v) is 13.6. The Bertz CT molecular complexity index is 1680. The van der Waals surface area contributed by atoms with Crippen molar-refractivity contribution >= 4 is 35.6 Å². The van der Waals surface area contributed by atoms with Crippen LogP contribution in [0.4, 0.5) is 0 Å². The number of methoxy groups -OCH3 is 1. The number of hydrogen-bond acceptors (Lipinski definition) is 13. The Labute approximate surface area is 304 Å². The van der Waals surface area contributed by atoms with Crippen LogP contribution in [0.3, 0.4) is 0 Å². The SMILES string of the molecule is COC1=C(C)[C@@]2(C)CC(OC(C)=O)[C@H]3[C@@](C)(C[C@H](C)[C@]34[C@]35C[C@@](C)(C[C@H](OC(C)=O)[C@]3(C)[C@@H](OC(C)=O)[C@@H](OC(C)=O)[C@]4(C)O)C(=O)O5)[C@@H]2CC1=O. The molecular weight excluding hydrogens is 676 g/mol. The topological polar surface area (TPSA) is 178 Å². The lowest BCUT2D eigenvalue weighted by Crippen LogP contribution is -2.86. The first-order valence-corrected chi connectivity index (χ1v) is 18.3. The predicted octanol–water partition coefficient (Wildman–Crippen LogP) is 4.15. The molecule has 13 nitrogen and oxygen atoms in total. The number of allylic oxidation sites excluding steroid dienone is 2. The Hall–Kier alpha value is -3.48. The van der Waals surface area contributed by atoms with E-state index >= 15 is 0 Å². The van der Waals surface area contributed by atoms with Crippen LogP contribution in [0.1, 0.15) is 108 Å². The maximum atomic E-state index is 14.4. The average Bonchev–Trinajstić information content (AvgIpc) is 3.39. The van der Waals surface area contributed by atoms with Gasteiger partial charge in [0.15, 0.2) is 23.8 Å². The van der Waals surface area contributed by atoms with Crippen molar-refractivity contribution in [3.63, 3.8) is 0 Å². The summed E-state index contributed by atoms with van der Waals surface area (Å²) in [5, 5.41) is 13.6. The lowest BCUT2D eigenvalue weighted by Gasteiger charge is -2.73. The number of ether oxygens (including phenoxy) is 6. The van der Waals surface area contributed by atoms with Gasteiger partial charge in [-0.2, -0.15) is 0 Å². The highest BCUT2D eigenvalue weighted by molar-refractivity contribution is 5.96. The zero-order valence-corrected chi connectivity index (χ0v) is 32.4. The monoisotopic (exact) mass is 730 g/mol. The van der Waals surface area contributed by atoms with Gasteiger partial charge in [-0.25, -0.2) is 0 Å². The number of Topliss-reactive ketones (excluding diaryl/α,β-unsaturated/α-hetero) is 1. The molecule has 6 aliphatic rings. The third kappa shape index (κ3) is 4.43. The van der Waals surface area contributed by atoms with E-state index in [9.17, 15) is 33.9 Å². The van der Waals surface area contributed by atoms with Crippen LogP contribution in [0.2, 0.25) is 0 Å². The minimum atomic E-state index is -2.14. The number of carbonyl (C=O) groups excluding carboxylic acids is 6. The van der Waals surface area contributed by atoms with Gasteiger partial charge < -0.3 is 33.5 Å². The molecular formula is C39H54O13. The number of rotatable bonds is 5. The Kier molecular flexibility index (Phi) is 8.47. The molecule has 0 aromatic rings. The molecule has 52 heavy (non-hydrogen) atoms. The zero-order valence-electron chi connectivity index (χ0n) is 32.4. The number of ketones is 1. The summed E-state index contributed by atoms with van der Waals surface area (Å²) in [6.45, 7) is 17.8. The van der Waals surface area contributed by atoms with Crippen molar-refractivity contribution in [2.24, 2.45) is 44.8 Å². The van der Waals surface area contributed by atoms with E-state index in [-0.39, 0.29) is 43.1 Å². The van der Waals surface area contributed by atoms with Crippen LogP contribution < -0.4 is 0 Å². The highest BCUT2D eigenvalue weighted by atomic mass is 16.6. The standard InChI is InChI=1S/C39H54O13/c1-18-14-35(9)26-13-24(44)28(47-12)19(2)34(26,8)15-25(48-20(3)40)29(35)39(18)37(11,46)31(51-23(6)43)30(50-22(5)42)36(10)27(49-21(4)41)16-33(7)17-38(36,39)52-32(33)45/h18,25-27,29-31,46H,13-17H2,1-12H3/t18-,25?,26+,27-,29-,30-,31+,33+,34+,35-,36+,37-,38-,39-/m0/s1. The Morgan fingerprint density at radius 1 is 0.808 bits per heavy atom. The lowest BCUT2D eigenvalue weighted by molar-refractivity contribution is -0.383. The maximum absolute atomic E-state index is 14.4. The fraction of sp³-hybridized carbons (Fsp3) is 0.795. The quantitative estimate of drug-likeness (QED) is 0.316. The van der Waals surface area contributed by atoms with E-state index in [0.717, 1.165) is 5.57 Å². The first-order chi connectivity index (χ1) is 23.9. The molecule has 13 heteroatoms. The molecule has 1 saturated heterocycles. The van der Waals surface area contributed by atoms with Crippen LogP contribution in [0.5, 0.6) is 0 Å². The van der Waals surface area contributed by atoms with E-state index in [1.54, 1.807) is 13.8 Å². The second-order valence-electron chi connectivity index (χ2n) is 17.8. The molecule has 0 aromatic heterocycles. The summed E-state index contributed by atoms with van der Waals surface area (Å²) in [4.78, 5) is 80.3. The summed E-state index contributed by atoms with van der Waals surface area (Å²) in [5.74, 6) is -4.94. The molecule has 0 aromatic carbocycles. The largest absolute Gasteiger partial charge is 0.493 e. The highest BCUT2D eigenvalue weighted by Crippen LogP contribution is 2.83. The van der Waals surface area contributed by atoms with E-state index in [4.69, 9.17) is 28.4 Å². The Morgan fingerprint density at radius 2 is 1.37 bits per heavy atom. The number of esters is 5. The first-order valence-electron chi connectivity index (χ1n) is 18.3. The molecule has 6 rings (SSSR count). The van der Waals surface area contributed by atoms with Crippen LogP contribution >= 0.6 is 0 Å². The van der Waals surface area contributed by atoms with Gasteiger partial charge in [0.1, 0.15) is 23.4 Å². The zero-order chi connectivity index (χ0) is 38.9. The summed E-state index contributed by atoms with van der Waals surface area (Å²) in [6, 6.07) is 0. The summed E-state index contributed by atoms with van der Waals surface area (Å²) < 4.78 is 37.0. The molecule has 2 spiro atoms. The minimum Gasteiger partial charge on any atom is -0.493 e. The molecule has 14 atom stereocenters. The molecule has 5 fully saturated rings. The van der Waals surface area contributed by atoms with E-state index in [1.165, 1.54) is 41.7 Å². The van der Waals surface area contributed by atoms with Crippen LogP contribution in [-0.2, 0) is 57.2 Å². The van der Waals surface area contributed by atoms with Crippen molar-refractivity contribution < 1.29 is 62.3 Å². The number of fused-ring (bicyclic) bond motifs is 5. The third-order valence-corrected chi connectivity index (χ3v) is 15.0. The summed E-state index contributed by atoms with van der Waals surface area (Å²) in [7, 11) is 1.46. The molecule has 0 amide bonds. The van der Waals surface area contributed by atoms with Crippen molar-refractivity contribution in [3.05, 3.63) is 11.3 Å². The van der Waals surface area contributed by atoms with Crippen molar-refractivity contribution in [1.82, 2.24) is 0 Å². The summed E-state index contributed by atoms with van der Waals surface area (Å²) >= 11 is 0. The Morgan fingerprint density at radius 3 is 1.90 bits per heavy atom. The molecule has 5 aliphatic carbocycles. The van der Waals surface area contributed by atoms with Gasteiger partial charge in [0, 0.05) is 52.9 Å². The van der Waals surface area contributed by atoms with Gasteiger partial charge in [0.2, 0.25) is 0 Å². The van der Waals surface area contributed by atoms with E-state index in [1.807, 2.05) is 20.8 Å². The predicted molar refractivity (Wildman–Crippen MR) is 180 cm³/mol. The van der Waals surface area contributed by atoms with Crippen molar-refractivity contribution in [2.45, 2.75) is 144 Å². The van der Waals surface area contributed by atoms with Gasteiger partial charge in [-0.15, -0.1) is 0 Å². The summed E-state index contributed by atoms with van der Waals surface area (Å²) in [6.07, 6.45) is -4.27. The second-order valence-corrected chi connectivity index (χ2v) is 17.8. The normalized spacial score (nSPS) is 48.9. The first kappa shape index (κ1) is 38.3. The highest BCUT2D eigenvalue weighted by Gasteiger charge is 2.92. The second kappa shape index (κ2) is 11.5.